The second-order valence-corrected chi connectivity index (χ2v) is 4.97. The molecule has 0 aliphatic carbocycles. The fourth-order valence-electron chi connectivity index (χ4n) is 1.18. The van der Waals surface area contributed by atoms with E-state index < -0.39 is 22.0 Å². The Kier molecular flexibility index (Phi) is 4.29. The first kappa shape index (κ1) is 12.2. The van der Waals surface area contributed by atoms with Crippen molar-refractivity contribution in [3.63, 3.8) is 0 Å². The third-order valence-electron chi connectivity index (χ3n) is 1.96. The lowest BCUT2D eigenvalue weighted by molar-refractivity contribution is -0.136. The smallest absolute Gasteiger partial charge is 0.319 e. The van der Waals surface area contributed by atoms with Crippen molar-refractivity contribution < 1.29 is 14.1 Å². The lowest BCUT2D eigenvalue weighted by atomic mass is 10.3. The van der Waals surface area contributed by atoms with Crippen LogP contribution in [-0.2, 0) is 15.6 Å². The first-order valence-corrected chi connectivity index (χ1v) is 6.05. The Hall–Kier alpha value is -0.870. The molecule has 1 N–H and O–H groups in total. The normalized spacial score (nSPS) is 14.5. The summed E-state index contributed by atoms with van der Waals surface area (Å²) < 4.78 is 11.9. The molecule has 0 heterocycles. The van der Waals surface area contributed by atoms with Crippen LogP contribution in [0.3, 0.4) is 0 Å². The summed E-state index contributed by atoms with van der Waals surface area (Å²) in [5.41, 5.74) is 0. The summed E-state index contributed by atoms with van der Waals surface area (Å²) in [6, 6.07) is 6.59. The van der Waals surface area contributed by atoms with E-state index in [1.807, 2.05) is 0 Å². The lowest BCUT2D eigenvalue weighted by Crippen LogP contribution is -2.24. The highest BCUT2D eigenvalue weighted by molar-refractivity contribution is 7.86. The van der Waals surface area contributed by atoms with Crippen molar-refractivity contribution in [2.45, 2.75) is 23.5 Å². The van der Waals surface area contributed by atoms with E-state index in [4.69, 9.17) is 16.7 Å². The van der Waals surface area contributed by atoms with Crippen LogP contribution in [0.15, 0.2) is 29.2 Å². The molecule has 0 aromatic heterocycles. The molecular formula is C10H11ClO3S. The second-order valence-electron chi connectivity index (χ2n) is 2.96. The zero-order chi connectivity index (χ0) is 11.4. The van der Waals surface area contributed by atoms with Crippen LogP contribution < -0.4 is 0 Å². The van der Waals surface area contributed by atoms with Crippen molar-refractivity contribution >= 4 is 28.4 Å². The average Bonchev–Trinajstić information content (AvgIpc) is 2.18. The van der Waals surface area contributed by atoms with Crippen LogP contribution >= 0.6 is 11.6 Å². The molecule has 5 heteroatoms. The Balaban J connectivity index is 3.03. The third-order valence-corrected chi connectivity index (χ3v) is 4.24. The first-order valence-electron chi connectivity index (χ1n) is 4.45. The molecule has 0 radical (unpaired) electrons. The number of carboxylic acid groups (broad SMARTS) is 1. The second kappa shape index (κ2) is 5.28. The van der Waals surface area contributed by atoms with Crippen LogP contribution in [0.5, 0.6) is 0 Å². The topological polar surface area (TPSA) is 54.4 Å². The standard InChI is InChI=1S/C10H11ClO3S/c1-2-8(10(12)13)15(14)9-6-4-3-5-7(9)11/h3-6,8H,2H2,1H3,(H,12,13). The van der Waals surface area contributed by atoms with Gasteiger partial charge in [-0.3, -0.25) is 9.00 Å². The van der Waals surface area contributed by atoms with Crippen molar-refractivity contribution in [2.24, 2.45) is 0 Å². The Labute approximate surface area is 95.5 Å². The summed E-state index contributed by atoms with van der Waals surface area (Å²) >= 11 is 5.84. The van der Waals surface area contributed by atoms with E-state index >= 15 is 0 Å². The molecule has 2 unspecified atom stereocenters. The molecule has 0 aliphatic rings. The zero-order valence-corrected chi connectivity index (χ0v) is 9.72. The summed E-state index contributed by atoms with van der Waals surface area (Å²) in [5.74, 6) is -1.06. The van der Waals surface area contributed by atoms with Gasteiger partial charge < -0.3 is 5.11 Å². The van der Waals surface area contributed by atoms with Crippen molar-refractivity contribution in [3.05, 3.63) is 29.3 Å². The lowest BCUT2D eigenvalue weighted by Gasteiger charge is -2.10. The number of halogens is 1. The molecule has 0 saturated heterocycles. The Morgan fingerprint density at radius 2 is 2.13 bits per heavy atom. The fraction of sp³-hybridized carbons (Fsp3) is 0.300. The van der Waals surface area contributed by atoms with Crippen LogP contribution in [0.2, 0.25) is 5.02 Å². The van der Waals surface area contributed by atoms with Gasteiger partial charge in [0.15, 0.2) is 0 Å². The predicted molar refractivity (Wildman–Crippen MR) is 59.6 cm³/mol. The molecule has 3 nitrogen and oxygen atoms in total. The van der Waals surface area contributed by atoms with Gasteiger partial charge in [-0.15, -0.1) is 0 Å². The maximum absolute atomic E-state index is 11.9. The molecule has 0 amide bonds. The minimum Gasteiger partial charge on any atom is -0.480 e. The summed E-state index contributed by atoms with van der Waals surface area (Å²) in [6.07, 6.45) is 0.313. The van der Waals surface area contributed by atoms with Crippen LogP contribution in [0.1, 0.15) is 13.3 Å². The van der Waals surface area contributed by atoms with E-state index in [0.29, 0.717) is 16.3 Å². The monoisotopic (exact) mass is 246 g/mol. The molecule has 15 heavy (non-hydrogen) atoms. The van der Waals surface area contributed by atoms with E-state index in [1.165, 1.54) is 0 Å². The summed E-state index contributed by atoms with van der Waals surface area (Å²) in [6.45, 7) is 1.69. The van der Waals surface area contributed by atoms with Crippen LogP contribution in [0.25, 0.3) is 0 Å². The van der Waals surface area contributed by atoms with Gasteiger partial charge in [0.05, 0.1) is 20.7 Å². The minimum atomic E-state index is -1.59. The van der Waals surface area contributed by atoms with Gasteiger partial charge in [0.2, 0.25) is 0 Å². The summed E-state index contributed by atoms with van der Waals surface area (Å²) in [4.78, 5) is 11.2. The van der Waals surface area contributed by atoms with E-state index in [-0.39, 0.29) is 0 Å². The third kappa shape index (κ3) is 2.79. The molecule has 1 aromatic rings. The molecule has 2 atom stereocenters. The van der Waals surface area contributed by atoms with Crippen molar-refractivity contribution in [3.8, 4) is 0 Å². The van der Waals surface area contributed by atoms with Crippen LogP contribution in [-0.4, -0.2) is 20.5 Å². The molecule has 0 bridgehead atoms. The quantitative estimate of drug-likeness (QED) is 0.887. The van der Waals surface area contributed by atoms with E-state index in [2.05, 4.69) is 0 Å². The fourth-order valence-corrected chi connectivity index (χ4v) is 2.81. The Bertz CT molecular complexity index is 392. The van der Waals surface area contributed by atoms with Crippen LogP contribution in [0.4, 0.5) is 0 Å². The predicted octanol–water partition coefficient (Wildman–Crippen LogP) is 2.31. The molecule has 1 aromatic carbocycles. The van der Waals surface area contributed by atoms with E-state index in [9.17, 15) is 9.00 Å². The SMILES string of the molecule is CCC(C(=O)O)S(=O)c1ccccc1Cl. The molecule has 0 spiro atoms. The molecule has 0 fully saturated rings. The summed E-state index contributed by atoms with van der Waals surface area (Å²) in [5, 5.41) is 8.30. The van der Waals surface area contributed by atoms with Gasteiger partial charge in [-0.25, -0.2) is 0 Å². The highest BCUT2D eigenvalue weighted by Crippen LogP contribution is 2.22. The highest BCUT2D eigenvalue weighted by atomic mass is 35.5. The van der Waals surface area contributed by atoms with E-state index in [0.717, 1.165) is 0 Å². The number of carboxylic acids is 1. The van der Waals surface area contributed by atoms with Gasteiger partial charge >= 0.3 is 5.97 Å². The average molecular weight is 247 g/mol. The zero-order valence-electron chi connectivity index (χ0n) is 8.14. The Morgan fingerprint density at radius 3 is 2.60 bits per heavy atom. The first-order chi connectivity index (χ1) is 7.07. The molecule has 1 rings (SSSR count). The number of hydrogen-bond donors (Lipinski definition) is 1. The molecule has 82 valence electrons. The maximum atomic E-state index is 11.9. The van der Waals surface area contributed by atoms with Gasteiger partial charge in [-0.1, -0.05) is 30.7 Å². The van der Waals surface area contributed by atoms with Gasteiger partial charge in [0, 0.05) is 0 Å². The highest BCUT2D eigenvalue weighted by Gasteiger charge is 2.25. The van der Waals surface area contributed by atoms with Crippen molar-refractivity contribution in [2.75, 3.05) is 0 Å². The maximum Gasteiger partial charge on any atom is 0.319 e. The molecule has 0 aliphatic heterocycles. The van der Waals surface area contributed by atoms with Crippen LogP contribution in [0, 0.1) is 0 Å². The number of aliphatic carboxylic acids is 1. The van der Waals surface area contributed by atoms with Crippen molar-refractivity contribution in [1.82, 2.24) is 0 Å². The Morgan fingerprint density at radius 1 is 1.53 bits per heavy atom. The largest absolute Gasteiger partial charge is 0.480 e. The van der Waals surface area contributed by atoms with E-state index in [1.54, 1.807) is 31.2 Å². The van der Waals surface area contributed by atoms with Gasteiger partial charge in [-0.2, -0.15) is 0 Å². The number of rotatable bonds is 4. The molecule has 0 saturated carbocycles. The minimum absolute atomic E-state index is 0.313. The van der Waals surface area contributed by atoms with Crippen molar-refractivity contribution in [1.29, 1.82) is 0 Å². The summed E-state index contributed by atoms with van der Waals surface area (Å²) in [7, 11) is -1.59. The van der Waals surface area contributed by atoms with Gasteiger partial charge in [0.25, 0.3) is 0 Å². The number of benzene rings is 1. The number of carbonyl (C=O) groups is 1. The van der Waals surface area contributed by atoms with Gasteiger partial charge in [-0.05, 0) is 18.6 Å². The number of hydrogen-bond acceptors (Lipinski definition) is 2. The molecular weight excluding hydrogens is 236 g/mol. The van der Waals surface area contributed by atoms with Gasteiger partial charge in [0.1, 0.15) is 5.25 Å².